The minimum atomic E-state index is -0.0869. The third-order valence-electron chi connectivity index (χ3n) is 3.89. The summed E-state index contributed by atoms with van der Waals surface area (Å²) in [7, 11) is 0. The van der Waals surface area contributed by atoms with Gasteiger partial charge in [0.2, 0.25) is 0 Å². The predicted molar refractivity (Wildman–Crippen MR) is 83.6 cm³/mol. The first kappa shape index (κ1) is 16.0. The van der Waals surface area contributed by atoms with Crippen molar-refractivity contribution in [2.45, 2.75) is 57.7 Å². The van der Waals surface area contributed by atoms with Crippen molar-refractivity contribution in [3.05, 3.63) is 22.7 Å². The maximum atomic E-state index is 12.1. The van der Waals surface area contributed by atoms with Crippen LogP contribution in [0.3, 0.4) is 0 Å². The van der Waals surface area contributed by atoms with Crippen molar-refractivity contribution in [3.63, 3.8) is 0 Å². The molecule has 21 heavy (non-hydrogen) atoms. The third kappa shape index (κ3) is 4.54. The highest BCUT2D eigenvalue weighted by Gasteiger charge is 2.18. The molecule has 0 atom stereocenters. The Hall–Kier alpha value is -1.40. The average molecular weight is 294 g/mol. The molecule has 0 unspecified atom stereocenters. The lowest BCUT2D eigenvalue weighted by Gasteiger charge is -2.26. The van der Waals surface area contributed by atoms with Gasteiger partial charge in [0, 0.05) is 31.0 Å². The van der Waals surface area contributed by atoms with Crippen LogP contribution in [0.2, 0.25) is 0 Å². The van der Waals surface area contributed by atoms with Crippen molar-refractivity contribution >= 4 is 5.82 Å². The van der Waals surface area contributed by atoms with Gasteiger partial charge in [0.1, 0.15) is 0 Å². The molecule has 6 nitrogen and oxygen atoms in total. The highest BCUT2D eigenvalue weighted by molar-refractivity contribution is 5.30. The van der Waals surface area contributed by atoms with Crippen LogP contribution in [0, 0.1) is 0 Å². The van der Waals surface area contributed by atoms with Crippen molar-refractivity contribution in [1.29, 1.82) is 0 Å². The molecule has 0 aliphatic heterocycles. The van der Waals surface area contributed by atoms with Crippen molar-refractivity contribution < 1.29 is 4.74 Å². The molecule has 1 saturated carbocycles. The standard InChI is InChI=1S/C15H26N4O2/c1-11(2)19-9-7-17-14(15(19)20)18-8-10-21-13-5-3-12(16)4-6-13/h7,9,11-13H,3-6,8,10,16H2,1-2H3,(H,17,18). The smallest absolute Gasteiger partial charge is 0.293 e. The first-order chi connectivity index (χ1) is 10.1. The molecule has 1 heterocycles. The Bertz CT molecular complexity index is 493. The number of hydrogen-bond donors (Lipinski definition) is 2. The molecule has 0 saturated heterocycles. The van der Waals surface area contributed by atoms with Crippen LogP contribution in [0.4, 0.5) is 5.82 Å². The summed E-state index contributed by atoms with van der Waals surface area (Å²) in [6.45, 7) is 5.12. The van der Waals surface area contributed by atoms with Crippen molar-refractivity contribution in [2.75, 3.05) is 18.5 Å². The quantitative estimate of drug-likeness (QED) is 0.777. The number of ether oxygens (including phenoxy) is 1. The zero-order valence-corrected chi connectivity index (χ0v) is 12.9. The van der Waals surface area contributed by atoms with E-state index in [1.165, 1.54) is 0 Å². The molecule has 1 aromatic heterocycles. The molecule has 1 aliphatic carbocycles. The number of hydrogen-bond acceptors (Lipinski definition) is 5. The van der Waals surface area contributed by atoms with Crippen LogP contribution < -0.4 is 16.6 Å². The van der Waals surface area contributed by atoms with E-state index >= 15 is 0 Å². The molecule has 0 amide bonds. The molecule has 3 N–H and O–H groups in total. The van der Waals surface area contributed by atoms with Gasteiger partial charge in [-0.05, 0) is 39.5 Å². The third-order valence-corrected chi connectivity index (χ3v) is 3.89. The Morgan fingerprint density at radius 3 is 2.81 bits per heavy atom. The highest BCUT2D eigenvalue weighted by Crippen LogP contribution is 2.19. The van der Waals surface area contributed by atoms with Gasteiger partial charge in [-0.2, -0.15) is 0 Å². The molecular weight excluding hydrogens is 268 g/mol. The van der Waals surface area contributed by atoms with E-state index in [0.29, 0.717) is 31.1 Å². The monoisotopic (exact) mass is 294 g/mol. The Morgan fingerprint density at radius 2 is 2.14 bits per heavy atom. The van der Waals surface area contributed by atoms with Crippen LogP contribution in [0.1, 0.15) is 45.6 Å². The lowest BCUT2D eigenvalue weighted by Crippen LogP contribution is -2.31. The first-order valence-electron chi connectivity index (χ1n) is 7.76. The van der Waals surface area contributed by atoms with Gasteiger partial charge in [0.25, 0.3) is 5.56 Å². The second kappa shape index (κ2) is 7.56. The number of rotatable bonds is 6. The Kier molecular flexibility index (Phi) is 5.76. The fourth-order valence-electron chi connectivity index (χ4n) is 2.60. The average Bonchev–Trinajstić information content (AvgIpc) is 2.46. The molecule has 0 radical (unpaired) electrons. The molecule has 0 aromatic carbocycles. The number of nitrogens with zero attached hydrogens (tertiary/aromatic N) is 2. The molecule has 6 heteroatoms. The van der Waals surface area contributed by atoms with E-state index in [-0.39, 0.29) is 11.6 Å². The lowest BCUT2D eigenvalue weighted by molar-refractivity contribution is 0.0313. The maximum Gasteiger partial charge on any atom is 0.293 e. The second-order valence-electron chi connectivity index (χ2n) is 5.92. The van der Waals surface area contributed by atoms with Crippen LogP contribution in [0.25, 0.3) is 0 Å². The minimum Gasteiger partial charge on any atom is -0.376 e. The van der Waals surface area contributed by atoms with Gasteiger partial charge in [0.05, 0.1) is 12.7 Å². The zero-order chi connectivity index (χ0) is 15.2. The minimum absolute atomic E-state index is 0.0869. The largest absolute Gasteiger partial charge is 0.376 e. The van der Waals surface area contributed by atoms with Crippen LogP contribution in [-0.4, -0.2) is 34.8 Å². The van der Waals surface area contributed by atoms with E-state index in [2.05, 4.69) is 10.3 Å². The summed E-state index contributed by atoms with van der Waals surface area (Å²) in [4.78, 5) is 16.2. The van der Waals surface area contributed by atoms with Gasteiger partial charge >= 0.3 is 0 Å². The van der Waals surface area contributed by atoms with E-state index in [4.69, 9.17) is 10.5 Å². The van der Waals surface area contributed by atoms with Crippen LogP contribution in [0.5, 0.6) is 0 Å². The second-order valence-corrected chi connectivity index (χ2v) is 5.92. The molecule has 118 valence electrons. The lowest BCUT2D eigenvalue weighted by atomic mass is 9.94. The number of anilines is 1. The van der Waals surface area contributed by atoms with E-state index in [0.717, 1.165) is 25.7 Å². The van der Waals surface area contributed by atoms with Gasteiger partial charge < -0.3 is 20.4 Å². The predicted octanol–water partition coefficient (Wildman–Crippen LogP) is 1.52. The molecule has 0 bridgehead atoms. The van der Waals surface area contributed by atoms with Crippen molar-refractivity contribution in [3.8, 4) is 0 Å². The summed E-state index contributed by atoms with van der Waals surface area (Å²) in [5, 5.41) is 3.06. The van der Waals surface area contributed by atoms with Crippen molar-refractivity contribution in [2.24, 2.45) is 5.73 Å². The molecule has 1 aromatic rings. The summed E-state index contributed by atoms with van der Waals surface area (Å²) in [5.41, 5.74) is 5.78. The fraction of sp³-hybridized carbons (Fsp3) is 0.733. The topological polar surface area (TPSA) is 82.2 Å². The van der Waals surface area contributed by atoms with Crippen LogP contribution >= 0.6 is 0 Å². The highest BCUT2D eigenvalue weighted by atomic mass is 16.5. The van der Waals surface area contributed by atoms with E-state index < -0.39 is 0 Å². The molecule has 2 rings (SSSR count). The Morgan fingerprint density at radius 1 is 1.43 bits per heavy atom. The molecule has 1 fully saturated rings. The summed E-state index contributed by atoms with van der Waals surface area (Å²) >= 11 is 0. The van der Waals surface area contributed by atoms with Crippen LogP contribution in [-0.2, 0) is 4.74 Å². The number of nitrogens with one attached hydrogen (secondary N) is 1. The normalized spacial score (nSPS) is 22.5. The molecule has 1 aliphatic rings. The van der Waals surface area contributed by atoms with Crippen LogP contribution in [0.15, 0.2) is 17.2 Å². The first-order valence-corrected chi connectivity index (χ1v) is 7.76. The van der Waals surface area contributed by atoms with Gasteiger partial charge in [0.15, 0.2) is 5.82 Å². The van der Waals surface area contributed by atoms with Crippen molar-refractivity contribution in [1.82, 2.24) is 9.55 Å². The maximum absolute atomic E-state index is 12.1. The van der Waals surface area contributed by atoms with E-state index in [1.807, 2.05) is 13.8 Å². The number of nitrogens with two attached hydrogens (primary N) is 1. The van der Waals surface area contributed by atoms with Gasteiger partial charge in [-0.15, -0.1) is 0 Å². The van der Waals surface area contributed by atoms with Gasteiger partial charge in [-0.3, -0.25) is 4.79 Å². The summed E-state index contributed by atoms with van der Waals surface area (Å²) in [6.07, 6.45) is 7.81. The summed E-state index contributed by atoms with van der Waals surface area (Å²) in [5.74, 6) is 0.389. The Labute approximate surface area is 125 Å². The number of aromatic nitrogens is 2. The zero-order valence-electron chi connectivity index (χ0n) is 12.9. The van der Waals surface area contributed by atoms with E-state index in [1.54, 1.807) is 17.0 Å². The summed E-state index contributed by atoms with van der Waals surface area (Å²) < 4.78 is 7.48. The fourth-order valence-corrected chi connectivity index (χ4v) is 2.60. The SMILES string of the molecule is CC(C)n1ccnc(NCCOC2CCC(N)CC2)c1=O. The molecule has 0 spiro atoms. The van der Waals surface area contributed by atoms with Gasteiger partial charge in [-0.25, -0.2) is 4.98 Å². The molecular formula is C15H26N4O2. The van der Waals surface area contributed by atoms with E-state index in [9.17, 15) is 4.79 Å². The summed E-state index contributed by atoms with van der Waals surface area (Å²) in [6, 6.07) is 0.467. The Balaban J connectivity index is 1.76. The van der Waals surface area contributed by atoms with Gasteiger partial charge in [-0.1, -0.05) is 0 Å².